The molecule has 3 aliphatic heterocycles. The highest BCUT2D eigenvalue weighted by molar-refractivity contribution is 5.81. The Balaban J connectivity index is 1.50. The molecule has 1 N–H and O–H groups in total. The maximum Gasteiger partial charge on any atom is 0.0705 e. The number of para-hydroxylation sites is 1. The summed E-state index contributed by atoms with van der Waals surface area (Å²) in [4.78, 5) is 7.30. The van der Waals surface area contributed by atoms with Crippen molar-refractivity contribution in [3.05, 3.63) is 42.1 Å². The van der Waals surface area contributed by atoms with Gasteiger partial charge in [0, 0.05) is 30.2 Å². The average molecular weight is 279 g/mol. The second-order valence-electron chi connectivity index (χ2n) is 6.86. The second kappa shape index (κ2) is 4.52. The number of benzene rings is 1. The highest BCUT2D eigenvalue weighted by Gasteiger charge is 2.54. The van der Waals surface area contributed by atoms with Crippen molar-refractivity contribution in [2.24, 2.45) is 11.8 Å². The van der Waals surface area contributed by atoms with E-state index in [1.807, 2.05) is 6.20 Å². The third kappa shape index (κ3) is 1.71. The molecule has 3 heteroatoms. The van der Waals surface area contributed by atoms with Crippen LogP contribution in [0.3, 0.4) is 0 Å². The van der Waals surface area contributed by atoms with Gasteiger partial charge in [-0.2, -0.15) is 0 Å². The average Bonchev–Trinajstić information content (AvgIpc) is 3.20. The van der Waals surface area contributed by atoms with Crippen LogP contribution in [-0.4, -0.2) is 35.1 Å². The molecule has 0 aliphatic carbocycles. The van der Waals surface area contributed by atoms with Gasteiger partial charge in [0.25, 0.3) is 0 Å². The molecule has 108 valence electrons. The Bertz CT molecular complexity index is 660. The fourth-order valence-electron chi connectivity index (χ4n) is 5.13. The number of aromatic nitrogens is 1. The van der Waals surface area contributed by atoms with Crippen LogP contribution < -0.4 is 5.32 Å². The van der Waals surface area contributed by atoms with Crippen molar-refractivity contribution in [2.45, 2.75) is 31.5 Å². The molecule has 4 heterocycles. The normalized spacial score (nSPS) is 34.7. The monoisotopic (exact) mass is 279 g/mol. The minimum absolute atomic E-state index is 0.807. The number of pyridine rings is 1. The molecule has 3 nitrogen and oxygen atoms in total. The lowest BCUT2D eigenvalue weighted by Gasteiger charge is -2.25. The van der Waals surface area contributed by atoms with Gasteiger partial charge in [-0.1, -0.05) is 18.2 Å². The smallest absolute Gasteiger partial charge is 0.0705 e. The van der Waals surface area contributed by atoms with Gasteiger partial charge in [-0.15, -0.1) is 0 Å². The van der Waals surface area contributed by atoms with Gasteiger partial charge in [0.15, 0.2) is 0 Å². The van der Waals surface area contributed by atoms with Crippen LogP contribution >= 0.6 is 0 Å². The predicted molar refractivity (Wildman–Crippen MR) is 83.9 cm³/mol. The van der Waals surface area contributed by atoms with Crippen LogP contribution in [0.25, 0.3) is 10.9 Å². The molecule has 0 radical (unpaired) electrons. The third-order valence-corrected chi connectivity index (χ3v) is 6.00. The van der Waals surface area contributed by atoms with E-state index in [2.05, 4.69) is 45.5 Å². The first kappa shape index (κ1) is 12.1. The number of rotatable bonds is 2. The number of hydrogen-bond acceptors (Lipinski definition) is 3. The van der Waals surface area contributed by atoms with Gasteiger partial charge in [0.05, 0.1) is 5.52 Å². The minimum atomic E-state index is 0.807. The molecule has 4 unspecified atom stereocenters. The number of nitrogens with zero attached hydrogens (tertiary/aromatic N) is 2. The molecule has 0 amide bonds. The van der Waals surface area contributed by atoms with E-state index in [1.54, 1.807) is 0 Å². The molecule has 0 spiro atoms. The van der Waals surface area contributed by atoms with E-state index in [0.29, 0.717) is 0 Å². The van der Waals surface area contributed by atoms with E-state index < -0.39 is 0 Å². The molecule has 4 atom stereocenters. The third-order valence-electron chi connectivity index (χ3n) is 6.00. The molecule has 1 aromatic heterocycles. The van der Waals surface area contributed by atoms with E-state index in [4.69, 9.17) is 0 Å². The van der Waals surface area contributed by atoms with Gasteiger partial charge in [-0.25, -0.2) is 0 Å². The quantitative estimate of drug-likeness (QED) is 0.915. The van der Waals surface area contributed by atoms with Crippen LogP contribution in [0, 0.1) is 11.8 Å². The molecule has 21 heavy (non-hydrogen) atoms. The van der Waals surface area contributed by atoms with E-state index in [9.17, 15) is 0 Å². The molecular formula is C18H21N3. The zero-order chi connectivity index (χ0) is 13.8. The summed E-state index contributed by atoms with van der Waals surface area (Å²) >= 11 is 0. The number of nitrogens with one attached hydrogen (secondary N) is 1. The van der Waals surface area contributed by atoms with Crippen molar-refractivity contribution in [3.63, 3.8) is 0 Å². The van der Waals surface area contributed by atoms with Crippen molar-refractivity contribution in [3.8, 4) is 0 Å². The number of hydrogen-bond donors (Lipinski definition) is 1. The highest BCUT2D eigenvalue weighted by Crippen LogP contribution is 2.48. The van der Waals surface area contributed by atoms with Gasteiger partial charge >= 0.3 is 0 Å². The summed E-state index contributed by atoms with van der Waals surface area (Å²) in [5.74, 6) is 1.80. The van der Waals surface area contributed by atoms with Crippen molar-refractivity contribution in [1.29, 1.82) is 0 Å². The van der Waals surface area contributed by atoms with Crippen molar-refractivity contribution in [1.82, 2.24) is 15.2 Å². The van der Waals surface area contributed by atoms with Crippen LogP contribution in [-0.2, 0) is 6.54 Å². The number of fused-ring (bicyclic) bond motifs is 6. The van der Waals surface area contributed by atoms with Crippen LogP contribution in [0.1, 0.15) is 18.4 Å². The maximum absolute atomic E-state index is 4.50. The summed E-state index contributed by atoms with van der Waals surface area (Å²) in [5.41, 5.74) is 2.58. The first-order valence-electron chi connectivity index (χ1n) is 8.21. The molecule has 1 aromatic carbocycles. The van der Waals surface area contributed by atoms with Crippen LogP contribution in [0.15, 0.2) is 36.5 Å². The zero-order valence-corrected chi connectivity index (χ0v) is 12.2. The standard InChI is InChI=1S/C18H21N3/c1-2-4-16-13(3-1)12(7-8-20-16)11-21-17-5-6-18(21)15-10-19-9-14(15)17/h1-4,7-8,14-15,17-19H,5-6,9-11H2. The SMILES string of the molecule is c1ccc2c(CN3C4CCC3C3CNCC34)ccnc2c1. The van der Waals surface area contributed by atoms with Crippen LogP contribution in [0.4, 0.5) is 0 Å². The minimum Gasteiger partial charge on any atom is -0.316 e. The molecule has 0 saturated carbocycles. The van der Waals surface area contributed by atoms with Crippen LogP contribution in [0.2, 0.25) is 0 Å². The van der Waals surface area contributed by atoms with Crippen molar-refractivity contribution >= 4 is 10.9 Å². The maximum atomic E-state index is 4.50. The zero-order valence-electron chi connectivity index (χ0n) is 12.2. The van der Waals surface area contributed by atoms with E-state index in [-0.39, 0.29) is 0 Å². The fraction of sp³-hybridized carbons (Fsp3) is 0.500. The summed E-state index contributed by atoms with van der Waals surface area (Å²) < 4.78 is 0. The molecule has 3 fully saturated rings. The molecule has 3 saturated heterocycles. The summed E-state index contributed by atoms with van der Waals surface area (Å²) in [7, 11) is 0. The Morgan fingerprint density at radius 3 is 2.62 bits per heavy atom. The lowest BCUT2D eigenvalue weighted by Crippen LogP contribution is -2.33. The lowest BCUT2D eigenvalue weighted by molar-refractivity contribution is 0.219. The Hall–Kier alpha value is -1.45. The Labute approximate surface area is 125 Å². The van der Waals surface area contributed by atoms with Gasteiger partial charge in [0.1, 0.15) is 0 Å². The van der Waals surface area contributed by atoms with Gasteiger partial charge < -0.3 is 5.32 Å². The molecule has 5 rings (SSSR count). The highest BCUT2D eigenvalue weighted by atomic mass is 15.3. The summed E-state index contributed by atoms with van der Waals surface area (Å²) in [5, 5.41) is 4.93. The Kier molecular flexibility index (Phi) is 2.61. The molecule has 3 aliphatic rings. The summed E-state index contributed by atoms with van der Waals surface area (Å²) in [6.45, 7) is 3.57. The Morgan fingerprint density at radius 2 is 1.81 bits per heavy atom. The fourth-order valence-corrected chi connectivity index (χ4v) is 5.13. The predicted octanol–water partition coefficient (Wildman–Crippen LogP) is 2.42. The molecule has 2 bridgehead atoms. The van der Waals surface area contributed by atoms with Crippen molar-refractivity contribution < 1.29 is 0 Å². The van der Waals surface area contributed by atoms with Crippen molar-refractivity contribution in [2.75, 3.05) is 13.1 Å². The van der Waals surface area contributed by atoms with E-state index >= 15 is 0 Å². The molecular weight excluding hydrogens is 258 g/mol. The second-order valence-corrected chi connectivity index (χ2v) is 6.86. The van der Waals surface area contributed by atoms with E-state index in [0.717, 1.165) is 36.0 Å². The van der Waals surface area contributed by atoms with Gasteiger partial charge in [-0.05, 0) is 55.5 Å². The van der Waals surface area contributed by atoms with Gasteiger partial charge in [0.2, 0.25) is 0 Å². The largest absolute Gasteiger partial charge is 0.316 e. The molecule has 2 aromatic rings. The summed E-state index contributed by atoms with van der Waals surface area (Å²) in [6, 6.07) is 12.4. The van der Waals surface area contributed by atoms with Crippen LogP contribution in [0.5, 0.6) is 0 Å². The Morgan fingerprint density at radius 1 is 1.05 bits per heavy atom. The topological polar surface area (TPSA) is 28.2 Å². The summed E-state index contributed by atoms with van der Waals surface area (Å²) in [6.07, 6.45) is 4.77. The van der Waals surface area contributed by atoms with E-state index in [1.165, 1.54) is 36.9 Å². The lowest BCUT2D eigenvalue weighted by atomic mass is 9.82. The first-order chi connectivity index (χ1) is 10.4. The first-order valence-corrected chi connectivity index (χ1v) is 8.21. The van der Waals surface area contributed by atoms with Gasteiger partial charge in [-0.3, -0.25) is 9.88 Å².